The summed E-state index contributed by atoms with van der Waals surface area (Å²) < 4.78 is 1.99. The number of aromatic nitrogens is 3. The fourth-order valence-corrected chi connectivity index (χ4v) is 2.54. The SMILES string of the molecule is CCCCCCCCCC(N)Cc1ncnn1CCC. The molecule has 0 radical (unpaired) electrons. The summed E-state index contributed by atoms with van der Waals surface area (Å²) in [4.78, 5) is 4.32. The number of hydrogen-bond acceptors (Lipinski definition) is 3. The summed E-state index contributed by atoms with van der Waals surface area (Å²) in [5.41, 5.74) is 6.21. The second-order valence-electron chi connectivity index (χ2n) is 5.77. The molecule has 1 aromatic heterocycles. The van der Waals surface area contributed by atoms with Crippen LogP contribution in [-0.2, 0) is 13.0 Å². The predicted molar refractivity (Wildman–Crippen MR) is 84.6 cm³/mol. The van der Waals surface area contributed by atoms with Gasteiger partial charge in [-0.05, 0) is 12.8 Å². The van der Waals surface area contributed by atoms with E-state index in [1.807, 2.05) is 4.68 Å². The molecule has 1 heterocycles. The van der Waals surface area contributed by atoms with Crippen molar-refractivity contribution in [3.05, 3.63) is 12.2 Å². The molecule has 1 aromatic rings. The van der Waals surface area contributed by atoms with E-state index in [4.69, 9.17) is 5.73 Å². The molecule has 0 amide bonds. The average Bonchev–Trinajstić information content (AvgIpc) is 2.85. The first-order valence-electron chi connectivity index (χ1n) is 8.40. The molecule has 1 unspecified atom stereocenters. The zero-order chi connectivity index (χ0) is 14.6. The van der Waals surface area contributed by atoms with Crippen molar-refractivity contribution in [2.75, 3.05) is 0 Å². The molecule has 0 saturated heterocycles. The summed E-state index contributed by atoms with van der Waals surface area (Å²) in [7, 11) is 0. The van der Waals surface area contributed by atoms with E-state index >= 15 is 0 Å². The van der Waals surface area contributed by atoms with E-state index in [9.17, 15) is 0 Å². The van der Waals surface area contributed by atoms with Gasteiger partial charge in [-0.25, -0.2) is 4.98 Å². The van der Waals surface area contributed by atoms with Gasteiger partial charge in [0.2, 0.25) is 0 Å². The van der Waals surface area contributed by atoms with E-state index in [0.29, 0.717) is 0 Å². The highest BCUT2D eigenvalue weighted by Crippen LogP contribution is 2.11. The van der Waals surface area contributed by atoms with Crippen molar-refractivity contribution in [1.82, 2.24) is 14.8 Å². The quantitative estimate of drug-likeness (QED) is 0.594. The normalized spacial score (nSPS) is 12.8. The molecule has 0 aromatic carbocycles. The Morgan fingerprint density at radius 3 is 2.45 bits per heavy atom. The molecule has 1 atom stereocenters. The minimum Gasteiger partial charge on any atom is -0.327 e. The number of hydrogen-bond donors (Lipinski definition) is 1. The Morgan fingerprint density at radius 2 is 1.75 bits per heavy atom. The third-order valence-electron chi connectivity index (χ3n) is 3.75. The van der Waals surface area contributed by atoms with Crippen LogP contribution in [0.2, 0.25) is 0 Å². The summed E-state index contributed by atoms with van der Waals surface area (Å²) in [5.74, 6) is 1.04. The predicted octanol–water partition coefficient (Wildman–Crippen LogP) is 3.70. The van der Waals surface area contributed by atoms with Crippen LogP contribution in [0.1, 0.15) is 77.5 Å². The molecule has 2 N–H and O–H groups in total. The second-order valence-corrected chi connectivity index (χ2v) is 5.77. The van der Waals surface area contributed by atoms with Crippen molar-refractivity contribution in [2.24, 2.45) is 5.73 Å². The van der Waals surface area contributed by atoms with Gasteiger partial charge in [-0.3, -0.25) is 4.68 Å². The number of unbranched alkanes of at least 4 members (excludes halogenated alkanes) is 6. The van der Waals surface area contributed by atoms with Crippen LogP contribution in [-0.4, -0.2) is 20.8 Å². The van der Waals surface area contributed by atoms with Crippen molar-refractivity contribution in [2.45, 2.75) is 90.6 Å². The Kier molecular flexibility index (Phi) is 9.29. The van der Waals surface area contributed by atoms with Gasteiger partial charge in [-0.2, -0.15) is 5.10 Å². The van der Waals surface area contributed by atoms with Gasteiger partial charge in [-0.15, -0.1) is 0 Å². The Labute approximate surface area is 124 Å². The van der Waals surface area contributed by atoms with Crippen molar-refractivity contribution in [3.8, 4) is 0 Å². The highest BCUT2D eigenvalue weighted by molar-refractivity contribution is 4.88. The summed E-state index contributed by atoms with van der Waals surface area (Å²) in [5, 5.41) is 4.25. The molecular weight excluding hydrogens is 248 g/mol. The highest BCUT2D eigenvalue weighted by atomic mass is 15.3. The maximum Gasteiger partial charge on any atom is 0.138 e. The summed E-state index contributed by atoms with van der Waals surface area (Å²) >= 11 is 0. The smallest absolute Gasteiger partial charge is 0.138 e. The second kappa shape index (κ2) is 10.8. The molecule has 4 heteroatoms. The first-order valence-corrected chi connectivity index (χ1v) is 8.40. The maximum atomic E-state index is 6.21. The molecule has 20 heavy (non-hydrogen) atoms. The van der Waals surface area contributed by atoms with Crippen molar-refractivity contribution < 1.29 is 0 Å². The van der Waals surface area contributed by atoms with E-state index in [0.717, 1.165) is 31.6 Å². The molecule has 0 bridgehead atoms. The van der Waals surface area contributed by atoms with Crippen LogP contribution < -0.4 is 5.73 Å². The van der Waals surface area contributed by atoms with Crippen molar-refractivity contribution in [3.63, 3.8) is 0 Å². The van der Waals surface area contributed by atoms with Gasteiger partial charge in [0.15, 0.2) is 0 Å². The number of rotatable bonds is 12. The van der Waals surface area contributed by atoms with Crippen molar-refractivity contribution in [1.29, 1.82) is 0 Å². The third-order valence-corrected chi connectivity index (χ3v) is 3.75. The highest BCUT2D eigenvalue weighted by Gasteiger charge is 2.09. The minimum absolute atomic E-state index is 0.227. The van der Waals surface area contributed by atoms with Crippen LogP contribution in [0.25, 0.3) is 0 Å². The van der Waals surface area contributed by atoms with E-state index in [1.54, 1.807) is 6.33 Å². The average molecular weight is 280 g/mol. The summed E-state index contributed by atoms with van der Waals surface area (Å²) in [6.45, 7) is 5.36. The number of aryl methyl sites for hydroxylation is 1. The zero-order valence-electron chi connectivity index (χ0n) is 13.4. The summed E-state index contributed by atoms with van der Waals surface area (Å²) in [6, 6.07) is 0.227. The van der Waals surface area contributed by atoms with E-state index in [2.05, 4.69) is 23.9 Å². The number of nitrogens with zero attached hydrogens (tertiary/aromatic N) is 3. The van der Waals surface area contributed by atoms with E-state index < -0.39 is 0 Å². The molecule has 4 nitrogen and oxygen atoms in total. The van der Waals surface area contributed by atoms with Crippen LogP contribution in [0.15, 0.2) is 6.33 Å². The van der Waals surface area contributed by atoms with Gasteiger partial charge in [0, 0.05) is 19.0 Å². The lowest BCUT2D eigenvalue weighted by atomic mass is 10.0. The van der Waals surface area contributed by atoms with Gasteiger partial charge in [-0.1, -0.05) is 58.8 Å². The van der Waals surface area contributed by atoms with Crippen molar-refractivity contribution >= 4 is 0 Å². The van der Waals surface area contributed by atoms with Crippen LogP contribution in [0.4, 0.5) is 0 Å². The van der Waals surface area contributed by atoms with Gasteiger partial charge in [0.1, 0.15) is 12.2 Å². The fraction of sp³-hybridized carbons (Fsp3) is 0.875. The van der Waals surface area contributed by atoms with Crippen LogP contribution in [0.3, 0.4) is 0 Å². The summed E-state index contributed by atoms with van der Waals surface area (Å²) in [6.07, 6.45) is 14.1. The Balaban J connectivity index is 2.10. The standard InChI is InChI=1S/C16H32N4/c1-3-5-6-7-8-9-10-11-15(17)13-16-18-14-19-20(16)12-4-2/h14-15H,3-13,17H2,1-2H3. The fourth-order valence-electron chi connectivity index (χ4n) is 2.54. The monoisotopic (exact) mass is 280 g/mol. The van der Waals surface area contributed by atoms with Gasteiger partial charge in [0.05, 0.1) is 0 Å². The molecule has 0 spiro atoms. The first kappa shape index (κ1) is 17.2. The molecular formula is C16H32N4. The van der Waals surface area contributed by atoms with Crippen LogP contribution in [0, 0.1) is 0 Å². The van der Waals surface area contributed by atoms with Gasteiger partial charge >= 0.3 is 0 Å². The minimum atomic E-state index is 0.227. The first-order chi connectivity index (χ1) is 9.77. The van der Waals surface area contributed by atoms with Gasteiger partial charge < -0.3 is 5.73 Å². The lowest BCUT2D eigenvalue weighted by molar-refractivity contribution is 0.499. The van der Waals surface area contributed by atoms with Gasteiger partial charge in [0.25, 0.3) is 0 Å². The Hall–Kier alpha value is -0.900. The lowest BCUT2D eigenvalue weighted by Crippen LogP contribution is -2.25. The van der Waals surface area contributed by atoms with E-state index in [1.165, 1.54) is 44.9 Å². The maximum absolute atomic E-state index is 6.21. The van der Waals surface area contributed by atoms with Crippen LogP contribution >= 0.6 is 0 Å². The van der Waals surface area contributed by atoms with E-state index in [-0.39, 0.29) is 6.04 Å². The molecule has 0 saturated carbocycles. The largest absolute Gasteiger partial charge is 0.327 e. The third kappa shape index (κ3) is 7.04. The molecule has 1 rings (SSSR count). The van der Waals surface area contributed by atoms with Crippen LogP contribution in [0.5, 0.6) is 0 Å². The topological polar surface area (TPSA) is 56.7 Å². The molecule has 0 aliphatic rings. The zero-order valence-corrected chi connectivity index (χ0v) is 13.4. The molecule has 0 aliphatic carbocycles. The molecule has 0 aliphatic heterocycles. The molecule has 0 fully saturated rings. The Bertz CT molecular complexity index is 335. The molecule has 116 valence electrons. The lowest BCUT2D eigenvalue weighted by Gasteiger charge is -2.11. The number of nitrogens with two attached hydrogens (primary N) is 1. The Morgan fingerprint density at radius 1 is 1.05 bits per heavy atom.